The summed E-state index contributed by atoms with van der Waals surface area (Å²) in [5.74, 6) is -1.08. The van der Waals surface area contributed by atoms with Crippen molar-refractivity contribution in [2.45, 2.75) is 25.1 Å². The van der Waals surface area contributed by atoms with Crippen molar-refractivity contribution in [3.8, 4) is 0 Å². The van der Waals surface area contributed by atoms with Crippen LogP contribution in [0.4, 0.5) is 0 Å². The quantitative estimate of drug-likeness (QED) is 0.633. The third kappa shape index (κ3) is 4.92. The number of aromatic carboxylic acids is 1. The van der Waals surface area contributed by atoms with Gasteiger partial charge in [-0.3, -0.25) is 8.89 Å². The van der Waals surface area contributed by atoms with Crippen LogP contribution in [0.15, 0.2) is 6.20 Å². The highest BCUT2D eigenvalue weighted by Gasteiger charge is 2.08. The topological polar surface area (TPSA) is 97.1 Å². The molecule has 0 fully saturated rings. The summed E-state index contributed by atoms with van der Waals surface area (Å²) in [7, 11) is -0.786. The Hall–Kier alpha value is -1.28. The number of aromatic nitrogens is 3. The summed E-state index contributed by atoms with van der Waals surface area (Å²) >= 11 is 0. The number of hydrogen-bond donors (Lipinski definition) is 2. The minimum absolute atomic E-state index is 0.0509. The van der Waals surface area contributed by atoms with Crippen LogP contribution < -0.4 is 5.32 Å². The van der Waals surface area contributed by atoms with Gasteiger partial charge in [0.25, 0.3) is 0 Å². The van der Waals surface area contributed by atoms with Crippen LogP contribution in [0.3, 0.4) is 0 Å². The number of carboxylic acid groups (broad SMARTS) is 1. The molecule has 0 spiro atoms. The van der Waals surface area contributed by atoms with Gasteiger partial charge in [0.05, 0.1) is 12.7 Å². The zero-order valence-corrected chi connectivity index (χ0v) is 11.3. The first-order chi connectivity index (χ1) is 8.50. The normalized spacial score (nSPS) is 14.3. The molecule has 0 aromatic carbocycles. The fraction of sp³-hybridized carbons (Fsp3) is 0.700. The molecule has 0 aliphatic rings. The lowest BCUT2D eigenvalue weighted by molar-refractivity contribution is 0.0690. The highest BCUT2D eigenvalue weighted by molar-refractivity contribution is 7.84. The molecule has 1 rings (SSSR count). The number of carboxylic acids is 1. The van der Waals surface area contributed by atoms with Crippen molar-refractivity contribution in [2.24, 2.45) is 0 Å². The van der Waals surface area contributed by atoms with Gasteiger partial charge in [0.15, 0.2) is 5.69 Å². The largest absolute Gasteiger partial charge is 0.476 e. The Morgan fingerprint density at radius 1 is 1.61 bits per heavy atom. The van der Waals surface area contributed by atoms with Gasteiger partial charge in [0.2, 0.25) is 0 Å². The third-order valence-electron chi connectivity index (χ3n) is 2.57. The van der Waals surface area contributed by atoms with E-state index in [0.29, 0.717) is 13.1 Å². The molecule has 2 atom stereocenters. The van der Waals surface area contributed by atoms with Crippen LogP contribution in [0.2, 0.25) is 0 Å². The minimum atomic E-state index is -1.08. The summed E-state index contributed by atoms with van der Waals surface area (Å²) < 4.78 is 12.6. The molecule has 2 unspecified atom stereocenters. The predicted octanol–water partition coefficient (Wildman–Crippen LogP) is -0.277. The average molecular weight is 274 g/mol. The van der Waals surface area contributed by atoms with Crippen molar-refractivity contribution in [3.63, 3.8) is 0 Å². The molecule has 0 radical (unpaired) electrons. The van der Waals surface area contributed by atoms with E-state index in [0.717, 1.165) is 13.0 Å². The molecule has 0 amide bonds. The summed E-state index contributed by atoms with van der Waals surface area (Å²) in [6.45, 7) is 3.96. The van der Waals surface area contributed by atoms with E-state index in [1.807, 2.05) is 6.92 Å². The average Bonchev–Trinajstić information content (AvgIpc) is 2.77. The maximum absolute atomic E-state index is 11.1. The maximum atomic E-state index is 11.1. The molecular formula is C10H18N4O3S. The number of nitrogens with zero attached hydrogens (tertiary/aromatic N) is 3. The lowest BCUT2D eigenvalue weighted by Crippen LogP contribution is -2.24. The first-order valence-electron chi connectivity index (χ1n) is 5.67. The molecule has 1 aromatic rings. The van der Waals surface area contributed by atoms with Gasteiger partial charge in [-0.15, -0.1) is 5.10 Å². The van der Waals surface area contributed by atoms with Crippen LogP contribution in [0.1, 0.15) is 23.8 Å². The molecule has 1 aromatic heterocycles. The molecule has 0 aliphatic carbocycles. The van der Waals surface area contributed by atoms with E-state index in [4.69, 9.17) is 5.11 Å². The Kier molecular flexibility index (Phi) is 5.93. The second kappa shape index (κ2) is 7.22. The van der Waals surface area contributed by atoms with Crippen molar-refractivity contribution >= 4 is 16.8 Å². The summed E-state index contributed by atoms with van der Waals surface area (Å²) in [5, 5.41) is 19.2. The van der Waals surface area contributed by atoms with Gasteiger partial charge in [-0.25, -0.2) is 4.79 Å². The van der Waals surface area contributed by atoms with Gasteiger partial charge in [-0.05, 0) is 13.0 Å². The molecule has 0 aliphatic heterocycles. The van der Waals surface area contributed by atoms with Crippen molar-refractivity contribution in [1.82, 2.24) is 20.3 Å². The first kappa shape index (κ1) is 14.8. The third-order valence-corrected chi connectivity index (χ3v) is 3.94. The molecule has 8 heteroatoms. The van der Waals surface area contributed by atoms with E-state index in [1.54, 1.807) is 6.26 Å². The predicted molar refractivity (Wildman–Crippen MR) is 68.0 cm³/mol. The number of nitrogens with one attached hydrogen (secondary N) is 1. The lowest BCUT2D eigenvalue weighted by Gasteiger charge is -2.08. The second-order valence-electron chi connectivity index (χ2n) is 4.02. The molecule has 7 nitrogen and oxygen atoms in total. The van der Waals surface area contributed by atoms with Crippen LogP contribution in [-0.4, -0.2) is 54.9 Å². The summed E-state index contributed by atoms with van der Waals surface area (Å²) in [6, 6.07) is 0. The van der Waals surface area contributed by atoms with E-state index in [9.17, 15) is 9.00 Å². The number of hydrogen-bond acceptors (Lipinski definition) is 5. The van der Waals surface area contributed by atoms with Gasteiger partial charge >= 0.3 is 5.97 Å². The fourth-order valence-electron chi connectivity index (χ4n) is 1.30. The van der Waals surface area contributed by atoms with Crippen molar-refractivity contribution < 1.29 is 14.1 Å². The highest BCUT2D eigenvalue weighted by atomic mass is 32.2. The standard InChI is InChI=1S/C10H18N4O3S/c1-8(18(2)17)3-4-11-5-6-14-7-9(10(15)16)12-13-14/h7-8,11H,3-6H2,1-2H3,(H,15,16). The minimum Gasteiger partial charge on any atom is -0.476 e. The van der Waals surface area contributed by atoms with Gasteiger partial charge < -0.3 is 10.4 Å². The van der Waals surface area contributed by atoms with Crippen molar-refractivity contribution in [2.75, 3.05) is 19.3 Å². The van der Waals surface area contributed by atoms with Crippen LogP contribution in [0, 0.1) is 0 Å². The molecule has 1 heterocycles. The van der Waals surface area contributed by atoms with Crippen molar-refractivity contribution in [1.29, 1.82) is 0 Å². The van der Waals surface area contributed by atoms with Gasteiger partial charge in [0, 0.05) is 28.9 Å². The van der Waals surface area contributed by atoms with E-state index >= 15 is 0 Å². The molecule has 18 heavy (non-hydrogen) atoms. The molecular weight excluding hydrogens is 256 g/mol. The molecule has 2 N–H and O–H groups in total. The zero-order chi connectivity index (χ0) is 13.5. The Bertz CT molecular complexity index is 421. The Morgan fingerprint density at radius 2 is 2.33 bits per heavy atom. The van der Waals surface area contributed by atoms with Crippen LogP contribution in [-0.2, 0) is 17.3 Å². The van der Waals surface area contributed by atoms with Gasteiger partial charge in [-0.1, -0.05) is 12.1 Å². The second-order valence-corrected chi connectivity index (χ2v) is 5.82. The van der Waals surface area contributed by atoms with Gasteiger partial charge in [-0.2, -0.15) is 0 Å². The van der Waals surface area contributed by atoms with Crippen molar-refractivity contribution in [3.05, 3.63) is 11.9 Å². The molecule has 102 valence electrons. The highest BCUT2D eigenvalue weighted by Crippen LogP contribution is 1.97. The van der Waals surface area contributed by atoms with E-state index in [-0.39, 0.29) is 10.9 Å². The Morgan fingerprint density at radius 3 is 2.89 bits per heavy atom. The zero-order valence-electron chi connectivity index (χ0n) is 10.5. The van der Waals surface area contributed by atoms with Crippen LogP contribution in [0.5, 0.6) is 0 Å². The smallest absolute Gasteiger partial charge is 0.358 e. The van der Waals surface area contributed by atoms with Crippen LogP contribution in [0.25, 0.3) is 0 Å². The summed E-state index contributed by atoms with van der Waals surface area (Å²) in [6.07, 6.45) is 3.95. The fourth-order valence-corrected chi connectivity index (χ4v) is 1.75. The van der Waals surface area contributed by atoms with E-state index < -0.39 is 16.8 Å². The van der Waals surface area contributed by atoms with Crippen LogP contribution >= 0.6 is 0 Å². The molecule has 0 saturated carbocycles. The maximum Gasteiger partial charge on any atom is 0.358 e. The SMILES string of the molecule is CC(CCNCCn1cc(C(=O)O)nn1)S(C)=O. The molecule has 0 bridgehead atoms. The number of rotatable bonds is 8. The summed E-state index contributed by atoms with van der Waals surface area (Å²) in [5.41, 5.74) is -0.0509. The Labute approximate surface area is 108 Å². The monoisotopic (exact) mass is 274 g/mol. The van der Waals surface area contributed by atoms with E-state index in [1.165, 1.54) is 10.9 Å². The Balaban J connectivity index is 2.17. The summed E-state index contributed by atoms with van der Waals surface area (Å²) in [4.78, 5) is 10.6. The first-order valence-corrected chi connectivity index (χ1v) is 7.29. The van der Waals surface area contributed by atoms with Gasteiger partial charge in [0.1, 0.15) is 0 Å². The van der Waals surface area contributed by atoms with E-state index in [2.05, 4.69) is 15.6 Å². The molecule has 0 saturated heterocycles. The number of carbonyl (C=O) groups is 1. The lowest BCUT2D eigenvalue weighted by atomic mass is 10.3.